The second-order valence-corrected chi connectivity index (χ2v) is 7.05. The quantitative estimate of drug-likeness (QED) is 0.540. The summed E-state index contributed by atoms with van der Waals surface area (Å²) in [6.45, 7) is 5.24. The summed E-state index contributed by atoms with van der Waals surface area (Å²) >= 11 is 5.94. The third-order valence-electron chi connectivity index (χ3n) is 3.53. The third-order valence-corrected chi connectivity index (χ3v) is 3.77. The number of alkyl halides is 1. The molecule has 0 unspecified atom stereocenters. The van der Waals surface area contributed by atoms with Crippen molar-refractivity contribution in [3.63, 3.8) is 0 Å². The molecule has 27 heavy (non-hydrogen) atoms. The maximum absolute atomic E-state index is 13.9. The van der Waals surface area contributed by atoms with Crippen LogP contribution in [0.4, 0.5) is 13.6 Å². The number of rotatable bonds is 3. The van der Waals surface area contributed by atoms with Crippen LogP contribution in [0.5, 0.6) is 11.5 Å². The van der Waals surface area contributed by atoms with Crippen LogP contribution >= 0.6 is 11.6 Å². The standard InChI is InChI=1S/C19H17ClF2N2O3/c1-19(2,3)27-18(25)24-13-5-4-6-15(17(13)23-16(24)10-20)26-14-8-7-11(21)9-12(14)22/h4-9H,10H2,1-3H3. The van der Waals surface area contributed by atoms with E-state index in [2.05, 4.69) is 4.98 Å². The van der Waals surface area contributed by atoms with E-state index in [-0.39, 0.29) is 23.2 Å². The molecule has 0 N–H and O–H groups in total. The number of hydrogen-bond donors (Lipinski definition) is 0. The number of halogens is 3. The van der Waals surface area contributed by atoms with Gasteiger partial charge in [-0.15, -0.1) is 11.6 Å². The van der Waals surface area contributed by atoms with Crippen molar-refractivity contribution in [1.82, 2.24) is 9.55 Å². The first-order valence-electron chi connectivity index (χ1n) is 8.12. The molecule has 0 aliphatic carbocycles. The molecule has 8 heteroatoms. The van der Waals surface area contributed by atoms with Gasteiger partial charge in [0.15, 0.2) is 17.3 Å². The van der Waals surface area contributed by atoms with Gasteiger partial charge in [0.1, 0.15) is 22.8 Å². The molecule has 1 heterocycles. The summed E-state index contributed by atoms with van der Waals surface area (Å²) in [5.74, 6) is -1.31. The number of aromatic nitrogens is 2. The molecule has 0 bridgehead atoms. The average molecular weight is 395 g/mol. The van der Waals surface area contributed by atoms with Crippen LogP contribution < -0.4 is 4.74 Å². The molecule has 0 aliphatic rings. The highest BCUT2D eigenvalue weighted by atomic mass is 35.5. The Morgan fingerprint density at radius 1 is 1.19 bits per heavy atom. The Hall–Kier alpha value is -2.67. The molecule has 0 atom stereocenters. The summed E-state index contributed by atoms with van der Waals surface area (Å²) in [5, 5.41) is 0. The Morgan fingerprint density at radius 2 is 1.93 bits per heavy atom. The van der Waals surface area contributed by atoms with Crippen LogP contribution in [0.25, 0.3) is 11.0 Å². The predicted octanol–water partition coefficient (Wildman–Crippen LogP) is 5.63. The van der Waals surface area contributed by atoms with Crippen molar-refractivity contribution >= 4 is 28.7 Å². The highest BCUT2D eigenvalue weighted by Gasteiger charge is 2.24. The second-order valence-electron chi connectivity index (χ2n) is 6.78. The largest absolute Gasteiger partial charge is 0.452 e. The lowest BCUT2D eigenvalue weighted by atomic mass is 10.2. The molecule has 0 radical (unpaired) electrons. The molecule has 0 aliphatic heterocycles. The van der Waals surface area contributed by atoms with E-state index in [1.54, 1.807) is 39.0 Å². The minimum atomic E-state index is -0.851. The van der Waals surface area contributed by atoms with Crippen molar-refractivity contribution in [2.75, 3.05) is 0 Å². The molecular formula is C19H17ClF2N2O3. The van der Waals surface area contributed by atoms with E-state index in [4.69, 9.17) is 21.1 Å². The number of carbonyl (C=O) groups is 1. The Bertz CT molecular complexity index is 1010. The van der Waals surface area contributed by atoms with Crippen LogP contribution in [-0.4, -0.2) is 21.2 Å². The monoisotopic (exact) mass is 394 g/mol. The summed E-state index contributed by atoms with van der Waals surface area (Å²) in [7, 11) is 0. The van der Waals surface area contributed by atoms with Gasteiger partial charge in [0, 0.05) is 6.07 Å². The average Bonchev–Trinajstić information content (AvgIpc) is 2.95. The number of imidazole rings is 1. The van der Waals surface area contributed by atoms with Crippen molar-refractivity contribution in [1.29, 1.82) is 0 Å². The SMILES string of the molecule is CC(C)(C)OC(=O)n1c(CCl)nc2c(Oc3ccc(F)cc3F)cccc21. The first-order valence-corrected chi connectivity index (χ1v) is 8.65. The topological polar surface area (TPSA) is 53.4 Å². The lowest BCUT2D eigenvalue weighted by Gasteiger charge is -2.20. The number of para-hydroxylation sites is 1. The fraction of sp³-hybridized carbons (Fsp3) is 0.263. The fourth-order valence-corrected chi connectivity index (χ4v) is 2.66. The zero-order valence-electron chi connectivity index (χ0n) is 14.9. The first kappa shape index (κ1) is 19.1. The highest BCUT2D eigenvalue weighted by molar-refractivity contribution is 6.17. The predicted molar refractivity (Wildman–Crippen MR) is 97.4 cm³/mol. The van der Waals surface area contributed by atoms with Crippen molar-refractivity contribution < 1.29 is 23.0 Å². The van der Waals surface area contributed by atoms with Gasteiger partial charge in [-0.05, 0) is 45.0 Å². The highest BCUT2D eigenvalue weighted by Crippen LogP contribution is 2.32. The Morgan fingerprint density at radius 3 is 2.56 bits per heavy atom. The van der Waals surface area contributed by atoms with Gasteiger partial charge in [0.2, 0.25) is 0 Å². The fourth-order valence-electron chi connectivity index (χ4n) is 2.48. The van der Waals surface area contributed by atoms with Crippen LogP contribution in [0, 0.1) is 11.6 Å². The van der Waals surface area contributed by atoms with Crippen LogP contribution in [0.1, 0.15) is 26.6 Å². The Labute approximate surface area is 159 Å². The normalized spacial score (nSPS) is 11.6. The van der Waals surface area contributed by atoms with E-state index in [0.717, 1.165) is 12.1 Å². The molecule has 0 spiro atoms. The number of benzene rings is 2. The van der Waals surface area contributed by atoms with Gasteiger partial charge < -0.3 is 9.47 Å². The molecule has 0 amide bonds. The maximum atomic E-state index is 13.9. The molecule has 0 saturated carbocycles. The minimum absolute atomic E-state index is 0.0434. The van der Waals surface area contributed by atoms with Crippen LogP contribution in [0.2, 0.25) is 0 Å². The number of nitrogens with zero attached hydrogens (tertiary/aromatic N) is 2. The molecular weight excluding hydrogens is 378 g/mol. The van der Waals surface area contributed by atoms with Gasteiger partial charge in [-0.1, -0.05) is 6.07 Å². The Kier molecular flexibility index (Phi) is 5.06. The van der Waals surface area contributed by atoms with Crippen molar-refractivity contribution in [3.8, 4) is 11.5 Å². The summed E-state index contributed by atoms with van der Waals surface area (Å²) in [4.78, 5) is 16.9. The lowest BCUT2D eigenvalue weighted by Crippen LogP contribution is -2.28. The molecule has 0 fully saturated rings. The smallest absolute Gasteiger partial charge is 0.420 e. The van der Waals surface area contributed by atoms with Gasteiger partial charge in [-0.2, -0.15) is 0 Å². The van der Waals surface area contributed by atoms with Crippen LogP contribution in [0.3, 0.4) is 0 Å². The number of ether oxygens (including phenoxy) is 2. The molecule has 3 rings (SSSR count). The van der Waals surface area contributed by atoms with Crippen molar-refractivity contribution in [2.24, 2.45) is 0 Å². The van der Waals surface area contributed by atoms with Gasteiger partial charge in [0.25, 0.3) is 0 Å². The molecule has 0 saturated heterocycles. The maximum Gasteiger partial charge on any atom is 0.420 e. The van der Waals surface area contributed by atoms with E-state index in [1.807, 2.05) is 0 Å². The lowest BCUT2D eigenvalue weighted by molar-refractivity contribution is 0.0540. The molecule has 1 aromatic heterocycles. The zero-order chi connectivity index (χ0) is 19.8. The van der Waals surface area contributed by atoms with E-state index >= 15 is 0 Å². The van der Waals surface area contributed by atoms with Crippen LogP contribution in [-0.2, 0) is 10.6 Å². The Balaban J connectivity index is 2.08. The first-order chi connectivity index (χ1) is 12.7. The van der Waals surface area contributed by atoms with E-state index in [1.165, 1.54) is 10.6 Å². The van der Waals surface area contributed by atoms with Gasteiger partial charge >= 0.3 is 6.09 Å². The summed E-state index contributed by atoms with van der Waals surface area (Å²) in [6, 6.07) is 7.82. The summed E-state index contributed by atoms with van der Waals surface area (Å²) < 4.78 is 39.2. The number of carbonyl (C=O) groups excluding carboxylic acids is 1. The van der Waals surface area contributed by atoms with Gasteiger partial charge in [-0.25, -0.2) is 23.1 Å². The molecule has 2 aromatic carbocycles. The second kappa shape index (κ2) is 7.15. The summed E-state index contributed by atoms with van der Waals surface area (Å²) in [5.41, 5.74) is 0.00505. The van der Waals surface area contributed by atoms with Gasteiger partial charge in [0.05, 0.1) is 11.4 Å². The molecule has 5 nitrogen and oxygen atoms in total. The van der Waals surface area contributed by atoms with Crippen molar-refractivity contribution in [2.45, 2.75) is 32.3 Å². The zero-order valence-corrected chi connectivity index (χ0v) is 15.7. The number of fused-ring (bicyclic) bond motifs is 1. The number of hydrogen-bond acceptors (Lipinski definition) is 4. The third kappa shape index (κ3) is 4.03. The van der Waals surface area contributed by atoms with Crippen molar-refractivity contribution in [3.05, 3.63) is 53.9 Å². The van der Waals surface area contributed by atoms with E-state index in [9.17, 15) is 13.6 Å². The summed E-state index contributed by atoms with van der Waals surface area (Å²) in [6.07, 6.45) is -0.634. The minimum Gasteiger partial charge on any atom is -0.452 e. The molecule has 142 valence electrons. The van der Waals surface area contributed by atoms with Crippen LogP contribution in [0.15, 0.2) is 36.4 Å². The molecule has 3 aromatic rings. The van der Waals surface area contributed by atoms with Gasteiger partial charge in [-0.3, -0.25) is 0 Å². The van der Waals surface area contributed by atoms with E-state index in [0.29, 0.717) is 11.0 Å². The van der Waals surface area contributed by atoms with E-state index < -0.39 is 23.3 Å².